The maximum atomic E-state index is 12.4. The molecular formula is C19H22N2O5S. The van der Waals surface area contributed by atoms with Gasteiger partial charge in [-0.2, -0.15) is 0 Å². The van der Waals surface area contributed by atoms with Gasteiger partial charge in [-0.05, 0) is 22.8 Å². The van der Waals surface area contributed by atoms with Gasteiger partial charge >= 0.3 is 5.97 Å². The first-order chi connectivity index (χ1) is 12.9. The molecule has 1 amide bonds. The van der Waals surface area contributed by atoms with Crippen molar-refractivity contribution in [1.29, 1.82) is 0 Å². The lowest BCUT2D eigenvalue weighted by molar-refractivity contribution is -0.137. The first kappa shape index (κ1) is 19.3. The van der Waals surface area contributed by atoms with Crippen LogP contribution in [0.25, 0.3) is 10.8 Å². The Morgan fingerprint density at radius 3 is 2.59 bits per heavy atom. The van der Waals surface area contributed by atoms with Gasteiger partial charge in [0, 0.05) is 19.5 Å². The molecule has 7 nitrogen and oxygen atoms in total. The molecule has 0 saturated carbocycles. The summed E-state index contributed by atoms with van der Waals surface area (Å²) in [4.78, 5) is 23.7. The van der Waals surface area contributed by atoms with E-state index in [1.807, 2.05) is 36.4 Å². The number of hydrogen-bond acceptors (Lipinski definition) is 4. The predicted octanol–water partition coefficient (Wildman–Crippen LogP) is 1.90. The van der Waals surface area contributed by atoms with E-state index in [1.165, 1.54) is 4.31 Å². The van der Waals surface area contributed by atoms with E-state index < -0.39 is 22.0 Å². The van der Waals surface area contributed by atoms with Gasteiger partial charge in [0.15, 0.2) is 0 Å². The van der Waals surface area contributed by atoms with Crippen LogP contribution in [0.5, 0.6) is 0 Å². The lowest BCUT2D eigenvalue weighted by Crippen LogP contribution is -2.34. The molecule has 0 radical (unpaired) electrons. The molecule has 1 fully saturated rings. The van der Waals surface area contributed by atoms with Crippen molar-refractivity contribution in [3.05, 3.63) is 48.0 Å². The summed E-state index contributed by atoms with van der Waals surface area (Å²) >= 11 is 0. The Balaban J connectivity index is 1.75. The Kier molecular flexibility index (Phi) is 5.76. The zero-order chi connectivity index (χ0) is 19.4. The van der Waals surface area contributed by atoms with Gasteiger partial charge in [-0.15, -0.1) is 0 Å². The Morgan fingerprint density at radius 1 is 1.15 bits per heavy atom. The molecule has 0 aliphatic carbocycles. The van der Waals surface area contributed by atoms with Crippen LogP contribution in [0.15, 0.2) is 42.5 Å². The third-order valence-corrected chi connectivity index (χ3v) is 6.66. The number of amides is 1. The molecule has 1 heterocycles. The van der Waals surface area contributed by atoms with E-state index in [9.17, 15) is 23.1 Å². The number of rotatable bonds is 7. The Labute approximate surface area is 158 Å². The summed E-state index contributed by atoms with van der Waals surface area (Å²) in [5, 5.41) is 13.9. The van der Waals surface area contributed by atoms with E-state index in [0.717, 1.165) is 16.3 Å². The van der Waals surface area contributed by atoms with Gasteiger partial charge in [-0.1, -0.05) is 42.5 Å². The average Bonchev–Trinajstić information content (AvgIpc) is 2.96. The minimum atomic E-state index is -3.25. The van der Waals surface area contributed by atoms with E-state index in [2.05, 4.69) is 5.32 Å². The van der Waals surface area contributed by atoms with E-state index in [-0.39, 0.29) is 31.0 Å². The Bertz CT molecular complexity index is 952. The zero-order valence-electron chi connectivity index (χ0n) is 14.8. The van der Waals surface area contributed by atoms with Crippen molar-refractivity contribution < 1.29 is 23.1 Å². The number of carbonyl (C=O) groups is 2. The second-order valence-corrected chi connectivity index (χ2v) is 8.69. The number of nitrogens with zero attached hydrogens (tertiary/aromatic N) is 1. The first-order valence-corrected chi connectivity index (χ1v) is 10.4. The topological polar surface area (TPSA) is 104 Å². The maximum Gasteiger partial charge on any atom is 0.305 e. The van der Waals surface area contributed by atoms with Gasteiger partial charge in [-0.25, -0.2) is 12.7 Å². The molecule has 144 valence electrons. The highest BCUT2D eigenvalue weighted by Gasteiger charge is 2.28. The smallest absolute Gasteiger partial charge is 0.305 e. The fourth-order valence-corrected chi connectivity index (χ4v) is 4.93. The van der Waals surface area contributed by atoms with Gasteiger partial charge in [-0.3, -0.25) is 9.59 Å². The number of sulfonamides is 1. The zero-order valence-corrected chi connectivity index (χ0v) is 15.6. The highest BCUT2D eigenvalue weighted by molar-refractivity contribution is 7.89. The van der Waals surface area contributed by atoms with Crippen molar-refractivity contribution in [2.24, 2.45) is 0 Å². The predicted molar refractivity (Wildman–Crippen MR) is 102 cm³/mol. The fourth-order valence-electron chi connectivity index (χ4n) is 3.40. The normalized spacial score (nSPS) is 17.6. The molecule has 3 rings (SSSR count). The van der Waals surface area contributed by atoms with Crippen LogP contribution in [0, 0.1) is 0 Å². The van der Waals surface area contributed by atoms with Crippen LogP contribution < -0.4 is 5.32 Å². The summed E-state index contributed by atoms with van der Waals surface area (Å²) in [6.07, 6.45) is 0.323. The van der Waals surface area contributed by atoms with Crippen LogP contribution in [-0.4, -0.2) is 48.5 Å². The quantitative estimate of drug-likeness (QED) is 0.751. The second-order valence-electron chi connectivity index (χ2n) is 6.60. The van der Waals surface area contributed by atoms with Crippen molar-refractivity contribution in [2.75, 3.05) is 18.8 Å². The molecule has 1 aliphatic rings. The van der Waals surface area contributed by atoms with Crippen LogP contribution >= 0.6 is 0 Å². The molecule has 8 heteroatoms. The summed E-state index contributed by atoms with van der Waals surface area (Å²) < 4.78 is 25.0. The van der Waals surface area contributed by atoms with Crippen LogP contribution in [0.2, 0.25) is 0 Å². The highest BCUT2D eigenvalue weighted by atomic mass is 32.2. The first-order valence-electron chi connectivity index (χ1n) is 8.83. The SMILES string of the molecule is O=C(O)C[C@@H](NC(=O)CCN1CCCS1(=O)=O)c1cccc2ccccc12. The van der Waals surface area contributed by atoms with Gasteiger partial charge in [0.05, 0.1) is 18.2 Å². The molecular weight excluding hydrogens is 368 g/mol. The minimum Gasteiger partial charge on any atom is -0.481 e. The lowest BCUT2D eigenvalue weighted by atomic mass is 9.96. The molecule has 1 saturated heterocycles. The van der Waals surface area contributed by atoms with E-state index in [1.54, 1.807) is 6.07 Å². The number of carboxylic acid groups (broad SMARTS) is 1. The molecule has 0 bridgehead atoms. The fraction of sp³-hybridized carbons (Fsp3) is 0.368. The summed E-state index contributed by atoms with van der Waals surface area (Å²) in [6.45, 7) is 0.543. The van der Waals surface area contributed by atoms with Crippen molar-refractivity contribution in [3.63, 3.8) is 0 Å². The van der Waals surface area contributed by atoms with Crippen LogP contribution in [-0.2, 0) is 19.6 Å². The third-order valence-electron chi connectivity index (χ3n) is 4.70. The number of aliphatic carboxylic acids is 1. The third kappa shape index (κ3) is 4.64. The van der Waals surface area contributed by atoms with Crippen LogP contribution in [0.4, 0.5) is 0 Å². The number of nitrogens with one attached hydrogen (secondary N) is 1. The van der Waals surface area contributed by atoms with Crippen LogP contribution in [0.3, 0.4) is 0 Å². The highest BCUT2D eigenvalue weighted by Crippen LogP contribution is 2.26. The van der Waals surface area contributed by atoms with Crippen LogP contribution in [0.1, 0.15) is 30.9 Å². The van der Waals surface area contributed by atoms with Gasteiger partial charge in [0.2, 0.25) is 15.9 Å². The Hall–Kier alpha value is -2.45. The molecule has 27 heavy (non-hydrogen) atoms. The molecule has 1 aliphatic heterocycles. The van der Waals surface area contributed by atoms with Gasteiger partial charge < -0.3 is 10.4 Å². The molecule has 0 aromatic heterocycles. The number of benzene rings is 2. The number of carboxylic acids is 1. The molecule has 2 N–H and O–H groups in total. The molecule has 0 spiro atoms. The second kappa shape index (κ2) is 8.06. The average molecular weight is 390 g/mol. The Morgan fingerprint density at radius 2 is 1.89 bits per heavy atom. The van der Waals surface area contributed by atoms with Gasteiger partial charge in [0.1, 0.15) is 0 Å². The standard InChI is InChI=1S/C19H22N2O5S/c22-18(9-11-21-10-4-12-27(21,25)26)20-17(13-19(23)24)16-8-3-6-14-5-1-2-7-15(14)16/h1-3,5-8,17H,4,9-13H2,(H,20,22)(H,23,24)/t17-/m1/s1. The van der Waals surface area contributed by atoms with E-state index in [0.29, 0.717) is 13.0 Å². The van der Waals surface area contributed by atoms with Crippen molar-refractivity contribution in [2.45, 2.75) is 25.3 Å². The summed E-state index contributed by atoms with van der Waals surface area (Å²) in [7, 11) is -3.25. The summed E-state index contributed by atoms with van der Waals surface area (Å²) in [5.41, 5.74) is 0.734. The number of hydrogen-bond donors (Lipinski definition) is 2. The molecule has 2 aromatic carbocycles. The van der Waals surface area contributed by atoms with E-state index in [4.69, 9.17) is 0 Å². The number of fused-ring (bicyclic) bond motifs is 1. The summed E-state index contributed by atoms with van der Waals surface area (Å²) in [6, 6.07) is 12.5. The molecule has 2 aromatic rings. The molecule has 1 atom stereocenters. The minimum absolute atomic E-state index is 0.000114. The number of carbonyl (C=O) groups excluding carboxylic acids is 1. The molecule has 0 unspecified atom stereocenters. The lowest BCUT2D eigenvalue weighted by Gasteiger charge is -2.20. The van der Waals surface area contributed by atoms with Gasteiger partial charge in [0.25, 0.3) is 0 Å². The van der Waals surface area contributed by atoms with E-state index >= 15 is 0 Å². The summed E-state index contributed by atoms with van der Waals surface area (Å²) in [5.74, 6) is -1.27. The van der Waals surface area contributed by atoms with Crippen molar-refractivity contribution >= 4 is 32.7 Å². The maximum absolute atomic E-state index is 12.4. The largest absolute Gasteiger partial charge is 0.481 e. The van der Waals surface area contributed by atoms with Crippen molar-refractivity contribution in [1.82, 2.24) is 9.62 Å². The van der Waals surface area contributed by atoms with Crippen molar-refractivity contribution in [3.8, 4) is 0 Å². The monoisotopic (exact) mass is 390 g/mol.